The third-order valence-corrected chi connectivity index (χ3v) is 3.18. The minimum Gasteiger partial charge on any atom is -0.396 e. The van der Waals surface area contributed by atoms with E-state index in [2.05, 4.69) is 33.2 Å². The van der Waals surface area contributed by atoms with Gasteiger partial charge in [-0.1, -0.05) is 37.3 Å². The zero-order valence-electron chi connectivity index (χ0n) is 11.1. The van der Waals surface area contributed by atoms with E-state index in [1.807, 2.05) is 18.2 Å². The highest BCUT2D eigenvalue weighted by Crippen LogP contribution is 2.36. The van der Waals surface area contributed by atoms with Crippen molar-refractivity contribution in [3.8, 4) is 0 Å². The second-order valence-corrected chi connectivity index (χ2v) is 5.04. The number of rotatable bonds is 10. The van der Waals surface area contributed by atoms with Crippen LogP contribution in [0.1, 0.15) is 32.6 Å². The summed E-state index contributed by atoms with van der Waals surface area (Å²) in [6, 6.07) is 0. The number of hydrogen-bond donors (Lipinski definition) is 1. The van der Waals surface area contributed by atoms with Crippen LogP contribution in [0.2, 0.25) is 0 Å². The molecule has 0 rings (SSSR count). The van der Waals surface area contributed by atoms with Crippen molar-refractivity contribution in [3.63, 3.8) is 0 Å². The minimum atomic E-state index is 0.120. The van der Waals surface area contributed by atoms with Crippen LogP contribution in [-0.2, 0) is 0 Å². The zero-order chi connectivity index (χ0) is 13.3. The summed E-state index contributed by atoms with van der Waals surface area (Å²) in [5.41, 5.74) is 1.22. The fraction of sp³-hybridized carbons (Fsp3) is 0.500. The molecule has 0 bridgehead atoms. The van der Waals surface area contributed by atoms with Crippen LogP contribution in [-0.4, -0.2) is 11.7 Å². The van der Waals surface area contributed by atoms with Crippen LogP contribution in [0.5, 0.6) is 0 Å². The minimum absolute atomic E-state index is 0.120. The Morgan fingerprint density at radius 3 is 2.06 bits per heavy atom. The van der Waals surface area contributed by atoms with E-state index >= 15 is 0 Å². The van der Waals surface area contributed by atoms with Crippen LogP contribution in [0, 0.1) is 11.3 Å². The van der Waals surface area contributed by atoms with Gasteiger partial charge in [0.2, 0.25) is 0 Å². The van der Waals surface area contributed by atoms with Crippen molar-refractivity contribution in [2.24, 2.45) is 11.3 Å². The van der Waals surface area contributed by atoms with Crippen molar-refractivity contribution < 1.29 is 5.11 Å². The number of allylic oxidation sites excluding steroid dienone is 3. The van der Waals surface area contributed by atoms with Crippen LogP contribution in [0.3, 0.4) is 0 Å². The summed E-state index contributed by atoms with van der Waals surface area (Å²) < 4.78 is 0. The molecule has 0 aromatic carbocycles. The lowest BCUT2D eigenvalue weighted by molar-refractivity contribution is 0.232. The molecule has 0 saturated heterocycles. The molecule has 17 heavy (non-hydrogen) atoms. The molecule has 0 aliphatic rings. The van der Waals surface area contributed by atoms with Gasteiger partial charge in [0.25, 0.3) is 0 Å². The first kappa shape index (κ1) is 15.9. The third kappa shape index (κ3) is 5.69. The van der Waals surface area contributed by atoms with Crippen LogP contribution < -0.4 is 0 Å². The summed E-state index contributed by atoms with van der Waals surface area (Å²) >= 11 is 0. The Bertz CT molecular complexity index is 265. The molecule has 0 fully saturated rings. The molecule has 0 aromatic heterocycles. The number of aliphatic hydroxyl groups is 1. The lowest BCUT2D eigenvalue weighted by Crippen LogP contribution is -2.19. The fourth-order valence-electron chi connectivity index (χ4n) is 2.19. The van der Waals surface area contributed by atoms with E-state index in [9.17, 15) is 5.11 Å². The first-order valence-corrected chi connectivity index (χ1v) is 6.14. The van der Waals surface area contributed by atoms with Gasteiger partial charge in [-0.15, -0.1) is 19.7 Å². The Hall–Kier alpha value is -1.08. The summed E-state index contributed by atoms with van der Waals surface area (Å²) in [5.74, 6) is 0.126. The highest BCUT2D eigenvalue weighted by molar-refractivity contribution is 5.08. The number of hydrogen-bond acceptors (Lipinski definition) is 1. The van der Waals surface area contributed by atoms with E-state index in [4.69, 9.17) is 0 Å². The Kier molecular flexibility index (Phi) is 7.56. The maximum atomic E-state index is 9.34. The smallest absolute Gasteiger partial charge is 0.0499 e. The Balaban J connectivity index is 4.62. The van der Waals surface area contributed by atoms with Gasteiger partial charge in [-0.05, 0) is 31.1 Å². The average molecular weight is 234 g/mol. The van der Waals surface area contributed by atoms with Crippen molar-refractivity contribution in [2.75, 3.05) is 6.61 Å². The van der Waals surface area contributed by atoms with E-state index in [0.29, 0.717) is 0 Å². The molecule has 1 atom stereocenters. The lowest BCUT2D eigenvalue weighted by Gasteiger charge is -2.30. The molecule has 0 aliphatic heterocycles. The molecule has 1 unspecified atom stereocenters. The fourth-order valence-corrected chi connectivity index (χ4v) is 2.19. The van der Waals surface area contributed by atoms with Crippen LogP contribution in [0.15, 0.2) is 50.1 Å². The van der Waals surface area contributed by atoms with Gasteiger partial charge < -0.3 is 5.11 Å². The second-order valence-electron chi connectivity index (χ2n) is 5.04. The van der Waals surface area contributed by atoms with Crippen LogP contribution >= 0.6 is 0 Å². The van der Waals surface area contributed by atoms with E-state index in [-0.39, 0.29) is 17.9 Å². The van der Waals surface area contributed by atoms with Gasteiger partial charge in [0.1, 0.15) is 0 Å². The highest BCUT2D eigenvalue weighted by atomic mass is 16.3. The molecule has 0 spiro atoms. The maximum Gasteiger partial charge on any atom is 0.0499 e. The van der Waals surface area contributed by atoms with E-state index in [1.54, 1.807) is 0 Å². The molecular formula is C16H26O. The van der Waals surface area contributed by atoms with Crippen LogP contribution in [0.4, 0.5) is 0 Å². The van der Waals surface area contributed by atoms with Crippen molar-refractivity contribution in [1.82, 2.24) is 0 Å². The monoisotopic (exact) mass is 234 g/mol. The van der Waals surface area contributed by atoms with Crippen molar-refractivity contribution in [2.45, 2.75) is 32.6 Å². The maximum absolute atomic E-state index is 9.34. The first-order chi connectivity index (χ1) is 8.02. The summed E-state index contributed by atoms with van der Waals surface area (Å²) in [6.45, 7) is 17.8. The van der Waals surface area contributed by atoms with Gasteiger partial charge in [-0.3, -0.25) is 0 Å². The topological polar surface area (TPSA) is 20.2 Å². The molecule has 1 heteroatoms. The third-order valence-electron chi connectivity index (χ3n) is 3.18. The van der Waals surface area contributed by atoms with Crippen molar-refractivity contribution >= 4 is 0 Å². The normalized spacial score (nSPS) is 12.8. The van der Waals surface area contributed by atoms with Gasteiger partial charge in [-0.25, -0.2) is 0 Å². The van der Waals surface area contributed by atoms with Gasteiger partial charge in [-0.2, -0.15) is 0 Å². The molecule has 0 aliphatic carbocycles. The molecule has 0 aromatic rings. The van der Waals surface area contributed by atoms with E-state index in [0.717, 1.165) is 31.3 Å². The Morgan fingerprint density at radius 2 is 1.71 bits per heavy atom. The molecule has 0 heterocycles. The summed E-state index contributed by atoms with van der Waals surface area (Å²) in [7, 11) is 0. The van der Waals surface area contributed by atoms with Gasteiger partial charge in [0, 0.05) is 12.5 Å². The standard InChI is InChI=1S/C16H26O/c1-6-9-15(13-17)14(4)12-16(5,10-7-2)11-8-3/h6-8,15,17H,1-4,9-13H2,5H3. The van der Waals surface area contributed by atoms with Gasteiger partial charge in [0.15, 0.2) is 0 Å². The molecule has 1 N–H and O–H groups in total. The molecular weight excluding hydrogens is 208 g/mol. The molecule has 0 saturated carbocycles. The molecule has 0 amide bonds. The highest BCUT2D eigenvalue weighted by Gasteiger charge is 2.24. The lowest BCUT2D eigenvalue weighted by atomic mass is 9.75. The SMILES string of the molecule is C=CCC(CO)C(=C)CC(C)(CC=C)CC=C. The molecule has 1 nitrogen and oxygen atoms in total. The quantitative estimate of drug-likeness (QED) is 0.559. The predicted octanol–water partition coefficient (Wildman–Crippen LogP) is 4.28. The van der Waals surface area contributed by atoms with Crippen molar-refractivity contribution in [1.29, 1.82) is 0 Å². The van der Waals surface area contributed by atoms with E-state index in [1.165, 1.54) is 0 Å². The first-order valence-electron chi connectivity index (χ1n) is 6.14. The summed E-state index contributed by atoms with van der Waals surface area (Å²) in [5, 5.41) is 9.34. The number of aliphatic hydroxyl groups excluding tert-OH is 1. The molecule has 96 valence electrons. The zero-order valence-corrected chi connectivity index (χ0v) is 11.1. The predicted molar refractivity (Wildman–Crippen MR) is 76.9 cm³/mol. The van der Waals surface area contributed by atoms with Crippen LogP contribution in [0.25, 0.3) is 0 Å². The second kappa shape index (κ2) is 8.08. The summed E-state index contributed by atoms with van der Waals surface area (Å²) in [4.78, 5) is 0. The largest absolute Gasteiger partial charge is 0.396 e. The van der Waals surface area contributed by atoms with Gasteiger partial charge in [0.05, 0.1) is 0 Å². The Morgan fingerprint density at radius 1 is 1.18 bits per heavy atom. The van der Waals surface area contributed by atoms with Crippen molar-refractivity contribution in [3.05, 3.63) is 50.1 Å². The Labute approximate surface area is 106 Å². The van der Waals surface area contributed by atoms with Gasteiger partial charge >= 0.3 is 0 Å². The summed E-state index contributed by atoms with van der Waals surface area (Å²) in [6.07, 6.45) is 9.27. The molecule has 0 radical (unpaired) electrons. The average Bonchev–Trinajstić information content (AvgIpc) is 2.25. The van der Waals surface area contributed by atoms with E-state index < -0.39 is 0 Å².